The molecule has 0 radical (unpaired) electrons. The SMILES string of the molecule is COc1ccc(CNC(=O)C(=O)NCC2CCN(c3ncccc3C#N)CC2)cc1. The second kappa shape index (κ2) is 10.3. The lowest BCUT2D eigenvalue weighted by Crippen LogP contribution is -2.43. The zero-order chi connectivity index (χ0) is 21.3. The lowest BCUT2D eigenvalue weighted by atomic mass is 9.96. The van der Waals surface area contributed by atoms with Crippen LogP contribution < -0.4 is 20.3 Å². The molecule has 1 aromatic heterocycles. The van der Waals surface area contributed by atoms with E-state index in [1.54, 1.807) is 37.6 Å². The maximum absolute atomic E-state index is 12.1. The predicted molar refractivity (Wildman–Crippen MR) is 112 cm³/mol. The highest BCUT2D eigenvalue weighted by atomic mass is 16.5. The standard InChI is InChI=1S/C22H25N5O3/c1-30-19-6-4-16(5-7-19)14-25-21(28)22(29)26-15-17-8-11-27(12-9-17)20-18(13-23)3-2-10-24-20/h2-7,10,17H,8-9,11-12,14-15H2,1H3,(H,25,28)(H,26,29). The first kappa shape index (κ1) is 21.1. The second-order valence-electron chi connectivity index (χ2n) is 7.16. The smallest absolute Gasteiger partial charge is 0.309 e. The molecule has 8 heteroatoms. The molecule has 0 bridgehead atoms. The highest BCUT2D eigenvalue weighted by molar-refractivity contribution is 6.35. The Morgan fingerprint density at radius 2 is 1.87 bits per heavy atom. The molecule has 2 heterocycles. The van der Waals surface area contributed by atoms with E-state index in [0.717, 1.165) is 37.2 Å². The van der Waals surface area contributed by atoms with Gasteiger partial charge in [-0.3, -0.25) is 9.59 Å². The van der Waals surface area contributed by atoms with E-state index >= 15 is 0 Å². The summed E-state index contributed by atoms with van der Waals surface area (Å²) in [4.78, 5) is 30.5. The quantitative estimate of drug-likeness (QED) is 0.705. The van der Waals surface area contributed by atoms with Crippen LogP contribution in [0.4, 0.5) is 5.82 Å². The van der Waals surface area contributed by atoms with Gasteiger partial charge in [0.25, 0.3) is 0 Å². The van der Waals surface area contributed by atoms with Gasteiger partial charge in [0.1, 0.15) is 17.6 Å². The topological polar surface area (TPSA) is 107 Å². The Morgan fingerprint density at radius 3 is 2.53 bits per heavy atom. The Kier molecular flexibility index (Phi) is 7.22. The first-order valence-electron chi connectivity index (χ1n) is 9.89. The van der Waals surface area contributed by atoms with Crippen LogP contribution in [0.1, 0.15) is 24.0 Å². The fourth-order valence-electron chi connectivity index (χ4n) is 3.41. The number of carbonyl (C=O) groups is 2. The predicted octanol–water partition coefficient (Wildman–Crippen LogP) is 1.61. The Hall–Kier alpha value is -3.60. The summed E-state index contributed by atoms with van der Waals surface area (Å²) in [6.07, 6.45) is 3.40. The van der Waals surface area contributed by atoms with E-state index in [1.165, 1.54) is 0 Å². The zero-order valence-electron chi connectivity index (χ0n) is 16.9. The van der Waals surface area contributed by atoms with Gasteiger partial charge >= 0.3 is 11.8 Å². The number of piperidine rings is 1. The monoisotopic (exact) mass is 407 g/mol. The Morgan fingerprint density at radius 1 is 1.17 bits per heavy atom. The van der Waals surface area contributed by atoms with Crippen molar-refractivity contribution in [3.63, 3.8) is 0 Å². The van der Waals surface area contributed by atoms with E-state index in [-0.39, 0.29) is 12.5 Å². The Balaban J connectivity index is 1.39. The molecule has 1 aliphatic heterocycles. The van der Waals surface area contributed by atoms with Crippen molar-refractivity contribution in [2.24, 2.45) is 5.92 Å². The van der Waals surface area contributed by atoms with Crippen LogP contribution in [0.2, 0.25) is 0 Å². The fraction of sp³-hybridized carbons (Fsp3) is 0.364. The number of pyridine rings is 1. The van der Waals surface area contributed by atoms with E-state index in [9.17, 15) is 14.9 Å². The molecule has 0 aliphatic carbocycles. The molecule has 1 aliphatic rings. The number of methoxy groups -OCH3 is 1. The highest BCUT2D eigenvalue weighted by Gasteiger charge is 2.23. The Bertz CT molecular complexity index is 915. The molecule has 1 fully saturated rings. The summed E-state index contributed by atoms with van der Waals surface area (Å²) in [6, 6.07) is 13.0. The number of carbonyl (C=O) groups excluding carboxylic acids is 2. The van der Waals surface area contributed by atoms with Crippen LogP contribution in [0, 0.1) is 17.2 Å². The van der Waals surface area contributed by atoms with Gasteiger partial charge in [0, 0.05) is 32.4 Å². The van der Waals surface area contributed by atoms with Gasteiger partial charge in [-0.2, -0.15) is 5.26 Å². The highest BCUT2D eigenvalue weighted by Crippen LogP contribution is 2.23. The zero-order valence-corrected chi connectivity index (χ0v) is 16.9. The van der Waals surface area contributed by atoms with Gasteiger partial charge in [-0.15, -0.1) is 0 Å². The number of nitriles is 1. The average Bonchev–Trinajstić information content (AvgIpc) is 2.81. The van der Waals surface area contributed by atoms with Gasteiger partial charge in [-0.1, -0.05) is 12.1 Å². The first-order chi connectivity index (χ1) is 14.6. The number of ether oxygens (including phenoxy) is 1. The van der Waals surface area contributed by atoms with Crippen LogP contribution in [-0.4, -0.2) is 43.5 Å². The number of hydrogen-bond acceptors (Lipinski definition) is 6. The molecular weight excluding hydrogens is 382 g/mol. The molecule has 0 unspecified atom stereocenters. The van der Waals surface area contributed by atoms with Crippen molar-refractivity contribution < 1.29 is 14.3 Å². The molecule has 0 spiro atoms. The fourth-order valence-corrected chi connectivity index (χ4v) is 3.41. The summed E-state index contributed by atoms with van der Waals surface area (Å²) in [6.45, 7) is 2.25. The van der Waals surface area contributed by atoms with Gasteiger partial charge in [0.05, 0.1) is 12.7 Å². The number of anilines is 1. The average molecular weight is 407 g/mol. The van der Waals surface area contributed by atoms with Gasteiger partial charge in [0.15, 0.2) is 0 Å². The second-order valence-corrected chi connectivity index (χ2v) is 7.16. The molecule has 1 saturated heterocycles. The van der Waals surface area contributed by atoms with Gasteiger partial charge in [-0.25, -0.2) is 4.98 Å². The minimum Gasteiger partial charge on any atom is -0.497 e. The molecule has 8 nitrogen and oxygen atoms in total. The van der Waals surface area contributed by atoms with E-state index < -0.39 is 11.8 Å². The van der Waals surface area contributed by atoms with Gasteiger partial charge in [-0.05, 0) is 48.6 Å². The van der Waals surface area contributed by atoms with Crippen molar-refractivity contribution in [2.45, 2.75) is 19.4 Å². The van der Waals surface area contributed by atoms with E-state index in [0.29, 0.717) is 17.9 Å². The van der Waals surface area contributed by atoms with Crippen LogP contribution in [0.15, 0.2) is 42.6 Å². The van der Waals surface area contributed by atoms with Crippen LogP contribution in [-0.2, 0) is 16.1 Å². The number of amides is 2. The number of benzene rings is 1. The lowest BCUT2D eigenvalue weighted by molar-refractivity contribution is -0.139. The van der Waals surface area contributed by atoms with Crippen molar-refractivity contribution in [1.82, 2.24) is 15.6 Å². The maximum Gasteiger partial charge on any atom is 0.309 e. The number of nitrogens with one attached hydrogen (secondary N) is 2. The largest absolute Gasteiger partial charge is 0.497 e. The maximum atomic E-state index is 12.1. The molecule has 3 rings (SSSR count). The Labute approximate surface area is 175 Å². The van der Waals surface area contributed by atoms with Crippen molar-refractivity contribution in [2.75, 3.05) is 31.6 Å². The molecular formula is C22H25N5O3. The lowest BCUT2D eigenvalue weighted by Gasteiger charge is -2.33. The van der Waals surface area contributed by atoms with Crippen molar-refractivity contribution in [3.05, 3.63) is 53.7 Å². The molecule has 1 aromatic carbocycles. The number of aromatic nitrogens is 1. The van der Waals surface area contributed by atoms with Crippen molar-refractivity contribution in [1.29, 1.82) is 5.26 Å². The van der Waals surface area contributed by atoms with Crippen molar-refractivity contribution in [3.8, 4) is 11.8 Å². The number of nitrogens with zero attached hydrogens (tertiary/aromatic N) is 3. The minimum absolute atomic E-state index is 0.278. The van der Waals surface area contributed by atoms with E-state index in [4.69, 9.17) is 4.74 Å². The molecule has 30 heavy (non-hydrogen) atoms. The van der Waals surface area contributed by atoms with Crippen molar-refractivity contribution >= 4 is 17.6 Å². The summed E-state index contributed by atoms with van der Waals surface area (Å²) < 4.78 is 5.09. The molecule has 2 amide bonds. The van der Waals surface area contributed by atoms with E-state index in [1.807, 2.05) is 12.1 Å². The van der Waals surface area contributed by atoms with Gasteiger partial charge < -0.3 is 20.3 Å². The van der Waals surface area contributed by atoms with Gasteiger partial charge in [0.2, 0.25) is 0 Å². The molecule has 0 atom stereocenters. The van der Waals surface area contributed by atoms with Crippen LogP contribution in [0.25, 0.3) is 0 Å². The summed E-state index contributed by atoms with van der Waals surface area (Å²) in [5.74, 6) is 0.466. The molecule has 2 aromatic rings. The minimum atomic E-state index is -0.643. The van der Waals surface area contributed by atoms with Crippen LogP contribution in [0.5, 0.6) is 5.75 Å². The summed E-state index contributed by atoms with van der Waals surface area (Å²) in [5, 5.41) is 14.6. The van der Waals surface area contributed by atoms with Crippen LogP contribution >= 0.6 is 0 Å². The first-order valence-corrected chi connectivity index (χ1v) is 9.89. The molecule has 156 valence electrons. The third kappa shape index (κ3) is 5.47. The molecule has 0 saturated carbocycles. The normalized spacial score (nSPS) is 13.9. The summed E-state index contributed by atoms with van der Waals surface area (Å²) in [7, 11) is 1.59. The third-order valence-electron chi connectivity index (χ3n) is 5.19. The number of rotatable bonds is 6. The van der Waals surface area contributed by atoms with Crippen LogP contribution in [0.3, 0.4) is 0 Å². The third-order valence-corrected chi connectivity index (χ3v) is 5.19. The summed E-state index contributed by atoms with van der Waals surface area (Å²) in [5.41, 5.74) is 1.45. The van der Waals surface area contributed by atoms with E-state index in [2.05, 4.69) is 26.6 Å². The number of hydrogen-bond donors (Lipinski definition) is 2. The molecule has 2 N–H and O–H groups in total. The summed E-state index contributed by atoms with van der Waals surface area (Å²) >= 11 is 0.